The lowest BCUT2D eigenvalue weighted by molar-refractivity contribution is 0.00957. The van der Waals surface area contributed by atoms with Crippen LogP contribution in [0.15, 0.2) is 12.1 Å². The van der Waals surface area contributed by atoms with E-state index in [0.29, 0.717) is 5.92 Å². The molecule has 0 spiro atoms. The van der Waals surface area contributed by atoms with Crippen molar-refractivity contribution >= 4 is 0 Å². The van der Waals surface area contributed by atoms with Gasteiger partial charge in [-0.2, -0.15) is 0 Å². The van der Waals surface area contributed by atoms with Crippen molar-refractivity contribution in [3.63, 3.8) is 0 Å². The van der Waals surface area contributed by atoms with Crippen molar-refractivity contribution in [2.45, 2.75) is 65.9 Å². The minimum Gasteiger partial charge on any atom is -0.496 e. The van der Waals surface area contributed by atoms with Crippen molar-refractivity contribution < 1.29 is 9.84 Å². The van der Waals surface area contributed by atoms with Crippen molar-refractivity contribution in [3.05, 3.63) is 28.8 Å². The normalized spacial score (nSPS) is 19.0. The van der Waals surface area contributed by atoms with Crippen LogP contribution >= 0.6 is 0 Å². The summed E-state index contributed by atoms with van der Waals surface area (Å²) in [6.45, 7) is 8.68. The van der Waals surface area contributed by atoms with E-state index in [1.165, 1.54) is 18.4 Å². The summed E-state index contributed by atoms with van der Waals surface area (Å²) in [6.07, 6.45) is 5.39. The molecule has 1 aliphatic carbocycles. The smallest absolute Gasteiger partial charge is 0.127 e. The first-order chi connectivity index (χ1) is 9.91. The minimum atomic E-state index is -0.420. The predicted molar refractivity (Wildman–Crippen MR) is 87.8 cm³/mol. The fourth-order valence-electron chi connectivity index (χ4n) is 4.11. The van der Waals surface area contributed by atoms with E-state index in [2.05, 4.69) is 39.8 Å². The zero-order valence-electron chi connectivity index (χ0n) is 14.2. The van der Waals surface area contributed by atoms with Gasteiger partial charge in [0.25, 0.3) is 0 Å². The highest BCUT2D eigenvalue weighted by Gasteiger charge is 2.42. The molecule has 0 aliphatic heterocycles. The second kappa shape index (κ2) is 6.39. The van der Waals surface area contributed by atoms with Crippen molar-refractivity contribution in [3.8, 4) is 5.75 Å². The molecule has 1 aromatic carbocycles. The maximum absolute atomic E-state index is 11.2. The monoisotopic (exact) mass is 290 g/mol. The zero-order chi connectivity index (χ0) is 15.6. The Labute approximate surface area is 129 Å². The number of benzene rings is 1. The highest BCUT2D eigenvalue weighted by Crippen LogP contribution is 2.53. The summed E-state index contributed by atoms with van der Waals surface area (Å²) in [5, 5.41) is 11.2. The average Bonchev–Trinajstić information content (AvgIpc) is 2.89. The largest absolute Gasteiger partial charge is 0.496 e. The molecule has 2 nitrogen and oxygen atoms in total. The maximum Gasteiger partial charge on any atom is 0.127 e. The Kier molecular flexibility index (Phi) is 4.98. The molecular formula is C19H30O2. The van der Waals surface area contributed by atoms with Crippen molar-refractivity contribution in [2.75, 3.05) is 7.11 Å². The van der Waals surface area contributed by atoms with Gasteiger partial charge in [0.05, 0.1) is 13.2 Å². The molecule has 21 heavy (non-hydrogen) atoms. The number of methoxy groups -OCH3 is 1. The zero-order valence-corrected chi connectivity index (χ0v) is 14.2. The molecule has 0 aromatic heterocycles. The standard InChI is InChI=1S/C19H30O2/c1-13(2)12-19(10-6-7-11-19)18(20)16-9-8-14(3)15(4)17(16)21-5/h8-9,13,18,20H,6-7,10-12H2,1-5H3. The van der Waals surface area contributed by atoms with Crippen LogP contribution in [0.4, 0.5) is 0 Å². The van der Waals surface area contributed by atoms with Gasteiger partial charge in [-0.3, -0.25) is 0 Å². The van der Waals surface area contributed by atoms with Gasteiger partial charge in [-0.25, -0.2) is 0 Å². The molecule has 0 heterocycles. The summed E-state index contributed by atoms with van der Waals surface area (Å²) in [4.78, 5) is 0. The predicted octanol–water partition coefficient (Wildman–Crippen LogP) is 4.95. The summed E-state index contributed by atoms with van der Waals surface area (Å²) in [5.41, 5.74) is 3.37. The average molecular weight is 290 g/mol. The van der Waals surface area contributed by atoms with Crippen molar-refractivity contribution in [2.24, 2.45) is 11.3 Å². The summed E-state index contributed by atoms with van der Waals surface area (Å²) in [5.74, 6) is 1.48. The van der Waals surface area contributed by atoms with E-state index < -0.39 is 6.10 Å². The topological polar surface area (TPSA) is 29.5 Å². The van der Waals surface area contributed by atoms with E-state index in [4.69, 9.17) is 4.74 Å². The molecule has 1 saturated carbocycles. The Bertz CT molecular complexity index is 485. The fourth-order valence-corrected chi connectivity index (χ4v) is 4.11. The maximum atomic E-state index is 11.2. The molecule has 0 bridgehead atoms. The molecule has 1 atom stereocenters. The number of aryl methyl sites for hydroxylation is 1. The third-order valence-electron chi connectivity index (χ3n) is 5.20. The Hall–Kier alpha value is -1.02. The van der Waals surface area contributed by atoms with Crippen LogP contribution in [-0.4, -0.2) is 12.2 Å². The van der Waals surface area contributed by atoms with E-state index in [9.17, 15) is 5.11 Å². The first kappa shape index (κ1) is 16.4. The molecule has 1 aromatic rings. The Morgan fingerprint density at radius 3 is 2.33 bits per heavy atom. The Balaban J connectivity index is 2.42. The number of rotatable bonds is 5. The van der Waals surface area contributed by atoms with E-state index in [-0.39, 0.29) is 5.41 Å². The second-order valence-electron chi connectivity index (χ2n) is 7.20. The molecular weight excluding hydrogens is 260 g/mol. The van der Waals surface area contributed by atoms with E-state index in [1.54, 1.807) is 7.11 Å². The van der Waals surface area contributed by atoms with Crippen molar-refractivity contribution in [1.29, 1.82) is 0 Å². The lowest BCUT2D eigenvalue weighted by atomic mass is 9.71. The van der Waals surface area contributed by atoms with Gasteiger partial charge >= 0.3 is 0 Å². The molecule has 0 amide bonds. The number of aliphatic hydroxyl groups is 1. The molecule has 1 unspecified atom stereocenters. The third kappa shape index (κ3) is 3.11. The van der Waals surface area contributed by atoms with Crippen LogP contribution in [0.5, 0.6) is 5.75 Å². The second-order valence-corrected chi connectivity index (χ2v) is 7.20. The first-order valence-corrected chi connectivity index (χ1v) is 8.23. The summed E-state index contributed by atoms with van der Waals surface area (Å²) >= 11 is 0. The highest BCUT2D eigenvalue weighted by atomic mass is 16.5. The molecule has 1 aliphatic rings. The van der Waals surface area contributed by atoms with Crippen LogP contribution < -0.4 is 4.74 Å². The van der Waals surface area contributed by atoms with Crippen molar-refractivity contribution in [1.82, 2.24) is 0 Å². The fraction of sp³-hybridized carbons (Fsp3) is 0.684. The van der Waals surface area contributed by atoms with E-state index in [1.807, 2.05) is 0 Å². The van der Waals surface area contributed by atoms with Gasteiger partial charge in [0.1, 0.15) is 5.75 Å². The van der Waals surface area contributed by atoms with Gasteiger partial charge in [-0.15, -0.1) is 0 Å². The van der Waals surface area contributed by atoms with Crippen LogP contribution in [0.1, 0.15) is 68.7 Å². The van der Waals surface area contributed by atoms with Gasteiger partial charge in [-0.1, -0.05) is 38.8 Å². The van der Waals surface area contributed by atoms with Gasteiger partial charge in [0.15, 0.2) is 0 Å². The highest BCUT2D eigenvalue weighted by molar-refractivity contribution is 5.47. The Morgan fingerprint density at radius 2 is 1.81 bits per heavy atom. The number of ether oxygens (including phenoxy) is 1. The van der Waals surface area contributed by atoms with Crippen LogP contribution in [0.3, 0.4) is 0 Å². The number of aliphatic hydroxyl groups excluding tert-OH is 1. The van der Waals surface area contributed by atoms with Gasteiger partial charge in [-0.05, 0) is 50.2 Å². The van der Waals surface area contributed by atoms with E-state index in [0.717, 1.165) is 36.1 Å². The van der Waals surface area contributed by atoms with Crippen LogP contribution in [0, 0.1) is 25.2 Å². The van der Waals surface area contributed by atoms with Gasteiger partial charge in [0, 0.05) is 11.0 Å². The minimum absolute atomic E-state index is 0.0309. The van der Waals surface area contributed by atoms with E-state index >= 15 is 0 Å². The van der Waals surface area contributed by atoms with Crippen LogP contribution in [0.25, 0.3) is 0 Å². The number of hydrogen-bond donors (Lipinski definition) is 1. The summed E-state index contributed by atoms with van der Waals surface area (Å²) in [6, 6.07) is 4.17. The summed E-state index contributed by atoms with van der Waals surface area (Å²) in [7, 11) is 1.71. The summed E-state index contributed by atoms with van der Waals surface area (Å²) < 4.78 is 5.63. The molecule has 0 radical (unpaired) electrons. The molecule has 118 valence electrons. The van der Waals surface area contributed by atoms with Crippen LogP contribution in [-0.2, 0) is 0 Å². The Morgan fingerprint density at radius 1 is 1.19 bits per heavy atom. The molecule has 1 fully saturated rings. The molecule has 1 N–H and O–H groups in total. The molecule has 0 saturated heterocycles. The van der Waals surface area contributed by atoms with Gasteiger partial charge in [0.2, 0.25) is 0 Å². The quantitative estimate of drug-likeness (QED) is 0.831. The van der Waals surface area contributed by atoms with Gasteiger partial charge < -0.3 is 9.84 Å². The third-order valence-corrected chi connectivity index (χ3v) is 5.20. The lowest BCUT2D eigenvalue weighted by Crippen LogP contribution is -2.28. The van der Waals surface area contributed by atoms with Crippen LogP contribution in [0.2, 0.25) is 0 Å². The molecule has 2 rings (SSSR count). The number of hydrogen-bond acceptors (Lipinski definition) is 2. The first-order valence-electron chi connectivity index (χ1n) is 8.23. The SMILES string of the molecule is COc1c(C(O)C2(CC(C)C)CCCC2)ccc(C)c1C. The lowest BCUT2D eigenvalue weighted by Gasteiger charge is -2.37. The molecule has 2 heteroatoms.